The molecule has 102 valence electrons. The fourth-order valence-corrected chi connectivity index (χ4v) is 2.00. The zero-order chi connectivity index (χ0) is 13.8. The molecule has 0 aliphatic heterocycles. The van der Waals surface area contributed by atoms with Crippen molar-refractivity contribution in [1.82, 2.24) is 15.1 Å². The second kappa shape index (κ2) is 5.89. The van der Waals surface area contributed by atoms with Gasteiger partial charge in [0.1, 0.15) is 5.75 Å². The summed E-state index contributed by atoms with van der Waals surface area (Å²) in [5, 5.41) is 7.68. The SMILES string of the molecule is COc1ccc(-c2cnn(C)c2)c(CNC(C)C)c1. The molecule has 1 aromatic carbocycles. The number of methoxy groups -OCH3 is 1. The van der Waals surface area contributed by atoms with E-state index in [2.05, 4.69) is 36.4 Å². The second-order valence-electron chi connectivity index (χ2n) is 4.96. The first-order chi connectivity index (χ1) is 9.10. The lowest BCUT2D eigenvalue weighted by Gasteiger charge is -2.13. The van der Waals surface area contributed by atoms with Crippen molar-refractivity contribution in [3.8, 4) is 16.9 Å². The summed E-state index contributed by atoms with van der Waals surface area (Å²) in [5.41, 5.74) is 3.55. The number of rotatable bonds is 5. The number of benzene rings is 1. The van der Waals surface area contributed by atoms with Gasteiger partial charge in [-0.15, -0.1) is 0 Å². The molecule has 1 N–H and O–H groups in total. The predicted octanol–water partition coefficient (Wildman–Crippen LogP) is 2.59. The van der Waals surface area contributed by atoms with E-state index in [1.165, 1.54) is 11.1 Å². The lowest BCUT2D eigenvalue weighted by Crippen LogP contribution is -2.22. The largest absolute Gasteiger partial charge is 0.497 e. The van der Waals surface area contributed by atoms with Crippen LogP contribution >= 0.6 is 0 Å². The summed E-state index contributed by atoms with van der Waals surface area (Å²) in [6, 6.07) is 6.61. The van der Waals surface area contributed by atoms with Crippen molar-refractivity contribution in [2.45, 2.75) is 26.4 Å². The second-order valence-corrected chi connectivity index (χ2v) is 4.96. The molecule has 0 saturated heterocycles. The molecule has 1 heterocycles. The Morgan fingerprint density at radius 3 is 2.74 bits per heavy atom. The van der Waals surface area contributed by atoms with Gasteiger partial charge < -0.3 is 10.1 Å². The minimum atomic E-state index is 0.452. The maximum absolute atomic E-state index is 5.31. The van der Waals surface area contributed by atoms with E-state index in [4.69, 9.17) is 4.74 Å². The molecule has 2 rings (SSSR count). The van der Waals surface area contributed by atoms with Crippen molar-refractivity contribution in [2.75, 3.05) is 7.11 Å². The van der Waals surface area contributed by atoms with Gasteiger partial charge in [0.25, 0.3) is 0 Å². The van der Waals surface area contributed by atoms with Crippen molar-refractivity contribution in [2.24, 2.45) is 7.05 Å². The first-order valence-electron chi connectivity index (χ1n) is 6.49. The van der Waals surface area contributed by atoms with E-state index in [1.54, 1.807) is 7.11 Å². The van der Waals surface area contributed by atoms with Gasteiger partial charge in [-0.2, -0.15) is 5.10 Å². The fourth-order valence-electron chi connectivity index (χ4n) is 2.00. The Labute approximate surface area is 114 Å². The number of ether oxygens (including phenoxy) is 1. The van der Waals surface area contributed by atoms with Gasteiger partial charge in [-0.3, -0.25) is 4.68 Å². The third kappa shape index (κ3) is 3.35. The van der Waals surface area contributed by atoms with Gasteiger partial charge in [0, 0.05) is 31.4 Å². The predicted molar refractivity (Wildman–Crippen MR) is 77.2 cm³/mol. The van der Waals surface area contributed by atoms with Crippen LogP contribution in [0.4, 0.5) is 0 Å². The Bertz CT molecular complexity index is 546. The van der Waals surface area contributed by atoms with Crippen LogP contribution in [0, 0.1) is 0 Å². The minimum Gasteiger partial charge on any atom is -0.497 e. The lowest BCUT2D eigenvalue weighted by atomic mass is 10.0. The summed E-state index contributed by atoms with van der Waals surface area (Å²) < 4.78 is 7.13. The maximum atomic E-state index is 5.31. The average molecular weight is 259 g/mol. The maximum Gasteiger partial charge on any atom is 0.119 e. The third-order valence-electron chi connectivity index (χ3n) is 3.03. The Hall–Kier alpha value is -1.81. The van der Waals surface area contributed by atoms with Crippen LogP contribution in [0.15, 0.2) is 30.6 Å². The first-order valence-corrected chi connectivity index (χ1v) is 6.49. The van der Waals surface area contributed by atoms with E-state index in [-0.39, 0.29) is 0 Å². The number of aromatic nitrogens is 2. The summed E-state index contributed by atoms with van der Waals surface area (Å²) in [6.07, 6.45) is 3.92. The number of aryl methyl sites for hydroxylation is 1. The van der Waals surface area contributed by atoms with E-state index >= 15 is 0 Å². The van der Waals surface area contributed by atoms with Gasteiger partial charge in [-0.1, -0.05) is 19.9 Å². The molecule has 0 amide bonds. The fraction of sp³-hybridized carbons (Fsp3) is 0.400. The topological polar surface area (TPSA) is 39.1 Å². The normalized spacial score (nSPS) is 11.0. The number of nitrogens with zero attached hydrogens (tertiary/aromatic N) is 2. The minimum absolute atomic E-state index is 0.452. The van der Waals surface area contributed by atoms with Crippen LogP contribution in [0.2, 0.25) is 0 Å². The lowest BCUT2D eigenvalue weighted by molar-refractivity contribution is 0.414. The number of hydrogen-bond acceptors (Lipinski definition) is 3. The van der Waals surface area contributed by atoms with Crippen molar-refractivity contribution >= 4 is 0 Å². The van der Waals surface area contributed by atoms with Crippen molar-refractivity contribution in [1.29, 1.82) is 0 Å². The van der Waals surface area contributed by atoms with Crippen LogP contribution in [-0.4, -0.2) is 22.9 Å². The van der Waals surface area contributed by atoms with E-state index in [0.717, 1.165) is 17.9 Å². The van der Waals surface area contributed by atoms with E-state index < -0.39 is 0 Å². The summed E-state index contributed by atoms with van der Waals surface area (Å²) >= 11 is 0. The highest BCUT2D eigenvalue weighted by atomic mass is 16.5. The van der Waals surface area contributed by atoms with Gasteiger partial charge in [0.15, 0.2) is 0 Å². The first kappa shape index (κ1) is 13.6. The van der Waals surface area contributed by atoms with Gasteiger partial charge >= 0.3 is 0 Å². The molecular weight excluding hydrogens is 238 g/mol. The van der Waals surface area contributed by atoms with Gasteiger partial charge in [0.05, 0.1) is 13.3 Å². The summed E-state index contributed by atoms with van der Waals surface area (Å²) in [7, 11) is 3.62. The smallest absolute Gasteiger partial charge is 0.119 e. The van der Waals surface area contributed by atoms with Crippen LogP contribution < -0.4 is 10.1 Å². The van der Waals surface area contributed by atoms with E-state index in [1.807, 2.05) is 30.2 Å². The molecule has 2 aromatic rings. The van der Waals surface area contributed by atoms with E-state index in [0.29, 0.717) is 6.04 Å². The zero-order valence-corrected chi connectivity index (χ0v) is 12.0. The quantitative estimate of drug-likeness (QED) is 0.897. The molecule has 4 nitrogen and oxygen atoms in total. The van der Waals surface area contributed by atoms with Crippen LogP contribution in [-0.2, 0) is 13.6 Å². The summed E-state index contributed by atoms with van der Waals surface area (Å²) in [4.78, 5) is 0. The zero-order valence-electron chi connectivity index (χ0n) is 12.0. The molecule has 0 radical (unpaired) electrons. The molecule has 0 bridgehead atoms. The molecule has 0 aliphatic carbocycles. The molecule has 0 aliphatic rings. The van der Waals surface area contributed by atoms with Crippen LogP contribution in [0.3, 0.4) is 0 Å². The molecule has 0 fully saturated rings. The molecule has 0 unspecified atom stereocenters. The average Bonchev–Trinajstić information content (AvgIpc) is 2.82. The standard InChI is InChI=1S/C15H21N3O/c1-11(2)16-8-12-7-14(19-4)5-6-15(12)13-9-17-18(3)10-13/h5-7,9-11,16H,8H2,1-4H3. The molecule has 0 saturated carbocycles. The Morgan fingerprint density at radius 1 is 1.37 bits per heavy atom. The third-order valence-corrected chi connectivity index (χ3v) is 3.03. The number of nitrogens with one attached hydrogen (secondary N) is 1. The molecule has 19 heavy (non-hydrogen) atoms. The Balaban J connectivity index is 2.35. The van der Waals surface area contributed by atoms with Gasteiger partial charge in [-0.05, 0) is 23.3 Å². The Morgan fingerprint density at radius 2 is 2.16 bits per heavy atom. The summed E-state index contributed by atoms with van der Waals surface area (Å²) in [6.45, 7) is 5.10. The summed E-state index contributed by atoms with van der Waals surface area (Å²) in [5.74, 6) is 0.883. The van der Waals surface area contributed by atoms with Crippen molar-refractivity contribution < 1.29 is 4.74 Å². The molecule has 0 atom stereocenters. The Kier molecular flexibility index (Phi) is 4.22. The molecular formula is C15H21N3O. The monoisotopic (exact) mass is 259 g/mol. The molecule has 1 aromatic heterocycles. The van der Waals surface area contributed by atoms with Crippen LogP contribution in [0.5, 0.6) is 5.75 Å². The van der Waals surface area contributed by atoms with Crippen molar-refractivity contribution in [3.63, 3.8) is 0 Å². The highest BCUT2D eigenvalue weighted by molar-refractivity contribution is 5.67. The van der Waals surface area contributed by atoms with Crippen LogP contribution in [0.1, 0.15) is 19.4 Å². The highest BCUT2D eigenvalue weighted by Gasteiger charge is 2.09. The highest BCUT2D eigenvalue weighted by Crippen LogP contribution is 2.27. The number of hydrogen-bond donors (Lipinski definition) is 1. The van der Waals surface area contributed by atoms with Crippen LogP contribution in [0.25, 0.3) is 11.1 Å². The van der Waals surface area contributed by atoms with Crippen molar-refractivity contribution in [3.05, 3.63) is 36.2 Å². The molecule has 0 spiro atoms. The van der Waals surface area contributed by atoms with Gasteiger partial charge in [-0.25, -0.2) is 0 Å². The van der Waals surface area contributed by atoms with E-state index in [9.17, 15) is 0 Å². The molecule has 4 heteroatoms. The van der Waals surface area contributed by atoms with Gasteiger partial charge in [0.2, 0.25) is 0 Å².